The van der Waals surface area contributed by atoms with Gasteiger partial charge in [-0.15, -0.1) is 0 Å². The van der Waals surface area contributed by atoms with Gasteiger partial charge in [0.05, 0.1) is 11.2 Å². The third kappa shape index (κ3) is 2.76. The molecule has 4 aromatic rings. The van der Waals surface area contributed by atoms with Gasteiger partial charge in [-0.1, -0.05) is 30.3 Å². The van der Waals surface area contributed by atoms with Crippen molar-refractivity contribution in [2.24, 2.45) is 0 Å². The molecular weight excluding hydrogens is 320 g/mol. The lowest BCUT2D eigenvalue weighted by molar-refractivity contribution is 0.476. The van der Waals surface area contributed by atoms with Crippen LogP contribution in [0.5, 0.6) is 5.75 Å². The zero-order valence-electron chi connectivity index (χ0n) is 15.1. The Balaban J connectivity index is 1.93. The molecule has 1 N–H and O–H groups in total. The Bertz CT molecular complexity index is 1070. The Hall–Kier alpha value is -3.07. The van der Waals surface area contributed by atoms with Gasteiger partial charge in [-0.3, -0.25) is 0 Å². The molecule has 130 valence electrons. The minimum atomic E-state index is 0.275. The van der Waals surface area contributed by atoms with E-state index in [0.717, 1.165) is 46.0 Å². The number of aromatic nitrogens is 1. The molecule has 0 bridgehead atoms. The highest BCUT2D eigenvalue weighted by Crippen LogP contribution is 2.34. The summed E-state index contributed by atoms with van der Waals surface area (Å²) in [6.07, 6.45) is 0. The smallest absolute Gasteiger partial charge is 0.116 e. The van der Waals surface area contributed by atoms with Crippen LogP contribution in [0.15, 0.2) is 66.7 Å². The van der Waals surface area contributed by atoms with Gasteiger partial charge in [-0.25, -0.2) is 4.98 Å². The molecule has 1 heterocycles. The van der Waals surface area contributed by atoms with E-state index in [2.05, 4.69) is 49.1 Å². The van der Waals surface area contributed by atoms with Crippen molar-refractivity contribution in [3.8, 4) is 17.0 Å². The number of hydrogen-bond acceptors (Lipinski definition) is 3. The number of aromatic hydroxyl groups is 1. The monoisotopic (exact) mass is 342 g/mol. The second kappa shape index (κ2) is 6.68. The molecule has 4 rings (SSSR count). The van der Waals surface area contributed by atoms with E-state index in [1.165, 1.54) is 5.69 Å². The van der Waals surface area contributed by atoms with Crippen LogP contribution in [0.25, 0.3) is 32.9 Å². The number of fused-ring (bicyclic) bond motifs is 3. The Labute approximate surface area is 153 Å². The van der Waals surface area contributed by atoms with Gasteiger partial charge < -0.3 is 10.0 Å². The van der Waals surface area contributed by atoms with E-state index in [4.69, 9.17) is 4.98 Å². The van der Waals surface area contributed by atoms with Crippen LogP contribution in [-0.2, 0) is 0 Å². The zero-order chi connectivity index (χ0) is 18.1. The standard InChI is InChI=1S/C23H22N2O/c1-3-25(4-2)17-11-9-16(10-12-17)23-20-14-13-18(26)15-21(20)19-7-5-6-8-22(19)24-23/h5-15,26H,3-4H2,1-2H3. The summed E-state index contributed by atoms with van der Waals surface area (Å²) in [5, 5.41) is 13.1. The predicted octanol–water partition coefficient (Wildman–Crippen LogP) is 5.61. The third-order valence-electron chi connectivity index (χ3n) is 4.95. The van der Waals surface area contributed by atoms with E-state index in [1.54, 1.807) is 6.07 Å². The fourth-order valence-electron chi connectivity index (χ4n) is 3.58. The summed E-state index contributed by atoms with van der Waals surface area (Å²) in [6, 6.07) is 22.2. The SMILES string of the molecule is CCN(CC)c1ccc(-c2nc3ccccc3c3cc(O)ccc23)cc1. The molecule has 3 heteroatoms. The van der Waals surface area contributed by atoms with Crippen molar-refractivity contribution in [3.63, 3.8) is 0 Å². The molecule has 0 fully saturated rings. The van der Waals surface area contributed by atoms with E-state index >= 15 is 0 Å². The fourth-order valence-corrected chi connectivity index (χ4v) is 3.58. The molecule has 3 aromatic carbocycles. The second-order valence-electron chi connectivity index (χ2n) is 6.43. The van der Waals surface area contributed by atoms with Crippen molar-refractivity contribution in [2.45, 2.75) is 13.8 Å². The van der Waals surface area contributed by atoms with Crippen molar-refractivity contribution in [2.75, 3.05) is 18.0 Å². The lowest BCUT2D eigenvalue weighted by atomic mass is 9.99. The summed E-state index contributed by atoms with van der Waals surface area (Å²) in [5.74, 6) is 0.275. The third-order valence-corrected chi connectivity index (χ3v) is 4.95. The summed E-state index contributed by atoms with van der Waals surface area (Å²) in [5.41, 5.74) is 4.20. The Kier molecular flexibility index (Phi) is 4.21. The minimum Gasteiger partial charge on any atom is -0.508 e. The maximum absolute atomic E-state index is 9.98. The van der Waals surface area contributed by atoms with Crippen LogP contribution in [0.3, 0.4) is 0 Å². The predicted molar refractivity (Wildman–Crippen MR) is 110 cm³/mol. The molecule has 0 atom stereocenters. The van der Waals surface area contributed by atoms with E-state index in [-0.39, 0.29) is 5.75 Å². The lowest BCUT2D eigenvalue weighted by Crippen LogP contribution is -2.21. The van der Waals surface area contributed by atoms with Crippen molar-refractivity contribution in [3.05, 3.63) is 66.7 Å². The molecular formula is C23H22N2O. The van der Waals surface area contributed by atoms with Gasteiger partial charge in [-0.2, -0.15) is 0 Å². The summed E-state index contributed by atoms with van der Waals surface area (Å²) in [4.78, 5) is 7.25. The summed E-state index contributed by atoms with van der Waals surface area (Å²) >= 11 is 0. The first-order valence-corrected chi connectivity index (χ1v) is 9.08. The number of rotatable bonds is 4. The van der Waals surface area contributed by atoms with Crippen LogP contribution in [0.4, 0.5) is 5.69 Å². The van der Waals surface area contributed by atoms with E-state index in [9.17, 15) is 5.11 Å². The number of pyridine rings is 1. The quantitative estimate of drug-likeness (QED) is 0.490. The van der Waals surface area contributed by atoms with Gasteiger partial charge in [0.15, 0.2) is 0 Å². The van der Waals surface area contributed by atoms with Crippen LogP contribution in [-0.4, -0.2) is 23.2 Å². The van der Waals surface area contributed by atoms with Gasteiger partial charge in [-0.05, 0) is 55.6 Å². The van der Waals surface area contributed by atoms with Gasteiger partial charge in [0.2, 0.25) is 0 Å². The molecule has 1 aromatic heterocycles. The van der Waals surface area contributed by atoms with Crippen molar-refractivity contribution in [1.29, 1.82) is 0 Å². The van der Waals surface area contributed by atoms with E-state index in [1.807, 2.05) is 30.3 Å². The molecule has 0 saturated heterocycles. The molecule has 0 radical (unpaired) electrons. The number of phenolic OH excluding ortho intramolecular Hbond substituents is 1. The average Bonchev–Trinajstić information content (AvgIpc) is 2.69. The summed E-state index contributed by atoms with van der Waals surface area (Å²) < 4.78 is 0. The molecule has 0 unspecified atom stereocenters. The molecule has 0 spiro atoms. The van der Waals surface area contributed by atoms with Crippen LogP contribution < -0.4 is 4.90 Å². The first-order chi connectivity index (χ1) is 12.7. The normalized spacial score (nSPS) is 11.2. The summed E-state index contributed by atoms with van der Waals surface area (Å²) in [7, 11) is 0. The van der Waals surface area contributed by atoms with E-state index in [0.29, 0.717) is 0 Å². The van der Waals surface area contributed by atoms with Gasteiger partial charge >= 0.3 is 0 Å². The molecule has 3 nitrogen and oxygen atoms in total. The van der Waals surface area contributed by atoms with Crippen molar-refractivity contribution >= 4 is 27.4 Å². The maximum Gasteiger partial charge on any atom is 0.116 e. The Morgan fingerprint density at radius 3 is 2.27 bits per heavy atom. The van der Waals surface area contributed by atoms with Crippen LogP contribution >= 0.6 is 0 Å². The van der Waals surface area contributed by atoms with E-state index < -0.39 is 0 Å². The lowest BCUT2D eigenvalue weighted by Gasteiger charge is -2.21. The van der Waals surface area contributed by atoms with Crippen molar-refractivity contribution in [1.82, 2.24) is 4.98 Å². The molecule has 0 aliphatic heterocycles. The number of para-hydroxylation sites is 1. The highest BCUT2D eigenvalue weighted by Gasteiger charge is 2.11. The first kappa shape index (κ1) is 16.4. The first-order valence-electron chi connectivity index (χ1n) is 9.08. The second-order valence-corrected chi connectivity index (χ2v) is 6.43. The van der Waals surface area contributed by atoms with Crippen molar-refractivity contribution < 1.29 is 5.11 Å². The number of nitrogens with zero attached hydrogens (tertiary/aromatic N) is 2. The van der Waals surface area contributed by atoms with Gasteiger partial charge in [0.25, 0.3) is 0 Å². The molecule has 0 aliphatic rings. The Morgan fingerprint density at radius 2 is 1.54 bits per heavy atom. The number of phenols is 1. The minimum absolute atomic E-state index is 0.275. The largest absolute Gasteiger partial charge is 0.508 e. The molecule has 26 heavy (non-hydrogen) atoms. The number of anilines is 1. The summed E-state index contributed by atoms with van der Waals surface area (Å²) in [6.45, 7) is 6.32. The topological polar surface area (TPSA) is 36.4 Å². The number of hydrogen-bond donors (Lipinski definition) is 1. The number of benzene rings is 3. The zero-order valence-corrected chi connectivity index (χ0v) is 15.1. The van der Waals surface area contributed by atoms with Gasteiger partial charge in [0.1, 0.15) is 5.75 Å². The van der Waals surface area contributed by atoms with Crippen LogP contribution in [0, 0.1) is 0 Å². The molecule has 0 amide bonds. The van der Waals surface area contributed by atoms with Gasteiger partial charge in [0, 0.05) is 35.1 Å². The van der Waals surface area contributed by atoms with Crippen LogP contribution in [0.1, 0.15) is 13.8 Å². The highest BCUT2D eigenvalue weighted by molar-refractivity contribution is 6.11. The fraction of sp³-hybridized carbons (Fsp3) is 0.174. The maximum atomic E-state index is 9.98. The highest BCUT2D eigenvalue weighted by atomic mass is 16.3. The molecule has 0 saturated carbocycles. The molecule has 0 aliphatic carbocycles. The van der Waals surface area contributed by atoms with Crippen LogP contribution in [0.2, 0.25) is 0 Å². The Morgan fingerprint density at radius 1 is 0.808 bits per heavy atom. The average molecular weight is 342 g/mol.